The minimum atomic E-state index is -4.40. The number of aromatic nitrogens is 2. The first-order valence-corrected chi connectivity index (χ1v) is 8.12. The monoisotopic (exact) mass is 363 g/mol. The molecule has 1 aromatic carbocycles. The number of nitrogens with zero attached hydrogens (tertiary/aromatic N) is 2. The van der Waals surface area contributed by atoms with Gasteiger partial charge in [-0.15, -0.1) is 11.3 Å². The maximum atomic E-state index is 12.5. The van der Waals surface area contributed by atoms with Crippen molar-refractivity contribution in [3.63, 3.8) is 0 Å². The summed E-state index contributed by atoms with van der Waals surface area (Å²) in [6.07, 6.45) is -1.01. The van der Waals surface area contributed by atoms with Crippen LogP contribution < -0.4 is 5.32 Å². The summed E-state index contributed by atoms with van der Waals surface area (Å²) in [5.74, 6) is -0.345. The minimum Gasteiger partial charge on any atom is -0.326 e. The molecule has 0 spiro atoms. The Kier molecular flexibility index (Phi) is 4.80. The van der Waals surface area contributed by atoms with Crippen LogP contribution in [0.25, 0.3) is 10.6 Å². The highest BCUT2D eigenvalue weighted by Crippen LogP contribution is 2.30. The van der Waals surface area contributed by atoms with Gasteiger partial charge in [0.15, 0.2) is 0 Å². The van der Waals surface area contributed by atoms with Gasteiger partial charge in [-0.25, -0.2) is 4.98 Å². The second kappa shape index (κ2) is 7.02. The highest BCUT2D eigenvalue weighted by molar-refractivity contribution is 7.13. The topological polar surface area (TPSA) is 54.9 Å². The lowest BCUT2D eigenvalue weighted by Gasteiger charge is -2.08. The van der Waals surface area contributed by atoms with E-state index in [0.717, 1.165) is 22.7 Å². The molecule has 0 aliphatic rings. The molecule has 25 heavy (non-hydrogen) atoms. The molecule has 2 aromatic heterocycles. The smallest absolute Gasteiger partial charge is 0.326 e. The summed E-state index contributed by atoms with van der Waals surface area (Å²) in [7, 11) is 0. The molecule has 0 saturated heterocycles. The first kappa shape index (κ1) is 17.1. The lowest BCUT2D eigenvalue weighted by atomic mass is 10.2. The van der Waals surface area contributed by atoms with Gasteiger partial charge in [-0.1, -0.05) is 0 Å². The molecular weight excluding hydrogens is 351 g/mol. The van der Waals surface area contributed by atoms with E-state index in [9.17, 15) is 18.0 Å². The molecule has 1 amide bonds. The second-order valence-electron chi connectivity index (χ2n) is 5.19. The summed E-state index contributed by atoms with van der Waals surface area (Å²) in [6.45, 7) is 0. The van der Waals surface area contributed by atoms with Crippen molar-refractivity contribution in [2.45, 2.75) is 12.6 Å². The van der Waals surface area contributed by atoms with E-state index >= 15 is 0 Å². The quantitative estimate of drug-likeness (QED) is 0.747. The Balaban J connectivity index is 1.62. The molecule has 0 fully saturated rings. The second-order valence-corrected chi connectivity index (χ2v) is 6.04. The van der Waals surface area contributed by atoms with Crippen LogP contribution in [-0.4, -0.2) is 15.9 Å². The lowest BCUT2D eigenvalue weighted by Crippen LogP contribution is -2.15. The van der Waals surface area contributed by atoms with Gasteiger partial charge in [0.25, 0.3) is 0 Å². The van der Waals surface area contributed by atoms with Gasteiger partial charge in [0.2, 0.25) is 5.91 Å². The SMILES string of the molecule is O=C(Cc1csc(-c2cccnc2)n1)Nc1ccc(C(F)(F)F)cc1. The maximum Gasteiger partial charge on any atom is 0.416 e. The number of hydrogen-bond donors (Lipinski definition) is 1. The van der Waals surface area contributed by atoms with Crippen LogP contribution in [0.4, 0.5) is 18.9 Å². The number of halogens is 3. The fourth-order valence-electron chi connectivity index (χ4n) is 2.12. The molecule has 1 N–H and O–H groups in total. The van der Waals surface area contributed by atoms with E-state index in [1.165, 1.54) is 23.5 Å². The number of alkyl halides is 3. The van der Waals surface area contributed by atoms with Gasteiger partial charge in [0.1, 0.15) is 5.01 Å². The average Bonchev–Trinajstić information content (AvgIpc) is 3.03. The van der Waals surface area contributed by atoms with Gasteiger partial charge in [-0.2, -0.15) is 13.2 Å². The predicted molar refractivity (Wildman–Crippen MR) is 89.1 cm³/mol. The van der Waals surface area contributed by atoms with E-state index in [-0.39, 0.29) is 12.3 Å². The van der Waals surface area contributed by atoms with Gasteiger partial charge >= 0.3 is 6.18 Å². The van der Waals surface area contributed by atoms with Crippen molar-refractivity contribution in [2.75, 3.05) is 5.32 Å². The Morgan fingerprint density at radius 3 is 2.56 bits per heavy atom. The fourth-order valence-corrected chi connectivity index (χ4v) is 2.93. The molecule has 0 aliphatic heterocycles. The first-order chi connectivity index (χ1) is 11.9. The zero-order valence-electron chi connectivity index (χ0n) is 12.7. The lowest BCUT2D eigenvalue weighted by molar-refractivity contribution is -0.137. The number of amides is 1. The summed E-state index contributed by atoms with van der Waals surface area (Å²) >= 11 is 1.40. The normalized spacial score (nSPS) is 11.3. The fraction of sp³-hybridized carbons (Fsp3) is 0.118. The molecule has 3 aromatic rings. The molecule has 0 unspecified atom stereocenters. The predicted octanol–water partition coefficient (Wildman–Crippen LogP) is 4.41. The largest absolute Gasteiger partial charge is 0.416 e. The number of rotatable bonds is 4. The highest BCUT2D eigenvalue weighted by Gasteiger charge is 2.29. The van der Waals surface area contributed by atoms with Crippen molar-refractivity contribution in [1.29, 1.82) is 0 Å². The van der Waals surface area contributed by atoms with Crippen LogP contribution in [0.5, 0.6) is 0 Å². The molecule has 2 heterocycles. The standard InChI is InChI=1S/C17H12F3N3OS/c18-17(19,20)12-3-5-13(6-4-12)22-15(24)8-14-10-25-16(23-14)11-2-1-7-21-9-11/h1-7,9-10H,8H2,(H,22,24). The van der Waals surface area contributed by atoms with Crippen molar-refractivity contribution in [3.8, 4) is 10.6 Å². The van der Waals surface area contributed by atoms with Crippen molar-refractivity contribution in [2.24, 2.45) is 0 Å². The number of benzene rings is 1. The van der Waals surface area contributed by atoms with Gasteiger partial charge in [-0.3, -0.25) is 9.78 Å². The Morgan fingerprint density at radius 1 is 1.16 bits per heavy atom. The minimum absolute atomic E-state index is 0.0395. The summed E-state index contributed by atoms with van der Waals surface area (Å²) in [4.78, 5) is 20.4. The van der Waals surface area contributed by atoms with Crippen LogP contribution in [0.1, 0.15) is 11.3 Å². The molecule has 128 valence electrons. The van der Waals surface area contributed by atoms with Gasteiger partial charge in [-0.05, 0) is 36.4 Å². The molecule has 0 saturated carbocycles. The molecule has 0 bridgehead atoms. The van der Waals surface area contributed by atoms with Crippen LogP contribution in [0.3, 0.4) is 0 Å². The Bertz CT molecular complexity index is 861. The van der Waals surface area contributed by atoms with Gasteiger partial charge in [0, 0.05) is 29.0 Å². The van der Waals surface area contributed by atoms with Crippen molar-refractivity contribution in [1.82, 2.24) is 9.97 Å². The van der Waals surface area contributed by atoms with E-state index in [4.69, 9.17) is 0 Å². The van der Waals surface area contributed by atoms with Gasteiger partial charge in [0.05, 0.1) is 17.7 Å². The maximum absolute atomic E-state index is 12.5. The van der Waals surface area contributed by atoms with Crippen molar-refractivity contribution >= 4 is 22.9 Å². The summed E-state index contributed by atoms with van der Waals surface area (Å²) in [5.41, 5.74) is 1.00. The zero-order chi connectivity index (χ0) is 17.9. The van der Waals surface area contributed by atoms with Crippen LogP contribution in [0.15, 0.2) is 54.2 Å². The molecule has 3 rings (SSSR count). The van der Waals surface area contributed by atoms with E-state index in [1.807, 2.05) is 6.07 Å². The van der Waals surface area contributed by atoms with E-state index < -0.39 is 11.7 Å². The number of thiazole rings is 1. The number of carbonyl (C=O) groups is 1. The Morgan fingerprint density at radius 2 is 1.92 bits per heavy atom. The molecule has 0 aliphatic carbocycles. The number of hydrogen-bond acceptors (Lipinski definition) is 4. The average molecular weight is 363 g/mol. The molecule has 0 radical (unpaired) electrons. The molecule has 8 heteroatoms. The number of pyridine rings is 1. The number of carbonyl (C=O) groups excluding carboxylic acids is 1. The molecular formula is C17H12F3N3OS. The van der Waals surface area contributed by atoms with Crippen LogP contribution in [0.2, 0.25) is 0 Å². The highest BCUT2D eigenvalue weighted by atomic mass is 32.1. The third-order valence-electron chi connectivity index (χ3n) is 3.30. The van der Waals surface area contributed by atoms with Crippen molar-refractivity contribution < 1.29 is 18.0 Å². The number of nitrogens with one attached hydrogen (secondary N) is 1. The number of anilines is 1. The van der Waals surface area contributed by atoms with E-state index in [2.05, 4.69) is 15.3 Å². The van der Waals surface area contributed by atoms with E-state index in [1.54, 1.807) is 23.8 Å². The van der Waals surface area contributed by atoms with Gasteiger partial charge < -0.3 is 5.32 Å². The molecule has 4 nitrogen and oxygen atoms in total. The van der Waals surface area contributed by atoms with Crippen LogP contribution in [-0.2, 0) is 17.4 Å². The van der Waals surface area contributed by atoms with E-state index in [0.29, 0.717) is 11.4 Å². The summed E-state index contributed by atoms with van der Waals surface area (Å²) in [5, 5.41) is 5.09. The van der Waals surface area contributed by atoms with Crippen LogP contribution >= 0.6 is 11.3 Å². The third kappa shape index (κ3) is 4.42. The Labute approximate surface area is 145 Å². The van der Waals surface area contributed by atoms with Crippen LogP contribution in [0, 0.1) is 0 Å². The van der Waals surface area contributed by atoms with Crippen molar-refractivity contribution in [3.05, 3.63) is 65.4 Å². The molecule has 0 atom stereocenters. The summed E-state index contributed by atoms with van der Waals surface area (Å²) in [6, 6.07) is 7.98. The summed E-state index contributed by atoms with van der Waals surface area (Å²) < 4.78 is 37.5. The Hall–Kier alpha value is -2.74. The first-order valence-electron chi connectivity index (χ1n) is 7.24. The third-order valence-corrected chi connectivity index (χ3v) is 4.24. The zero-order valence-corrected chi connectivity index (χ0v) is 13.6.